The molecule has 0 saturated carbocycles. The number of aromatic carboxylic acids is 1. The van der Waals surface area contributed by atoms with Crippen LogP contribution in [0, 0.1) is 28.9 Å². The second-order valence-corrected chi connectivity index (χ2v) is 13.7. The zero-order valence-electron chi connectivity index (χ0n) is 18.9. The van der Waals surface area contributed by atoms with Crippen molar-refractivity contribution in [2.75, 3.05) is 11.9 Å². The Balaban J connectivity index is 2.39. The SMILES string of the molecule is CC(C)(O)CON=Cc1cc(C(=O)O)c(Nc2ccc(C#C[Si](C)(C)C)cc2F)c(F)c1F. The van der Waals surface area contributed by atoms with Crippen LogP contribution in [0.1, 0.15) is 35.3 Å². The molecule has 176 valence electrons. The highest BCUT2D eigenvalue weighted by atomic mass is 28.3. The monoisotopic (exact) mass is 478 g/mol. The molecule has 0 fully saturated rings. The first-order valence-corrected chi connectivity index (χ1v) is 13.4. The number of rotatable bonds is 7. The zero-order valence-corrected chi connectivity index (χ0v) is 19.9. The van der Waals surface area contributed by atoms with Crippen LogP contribution in [0.3, 0.4) is 0 Å². The lowest BCUT2D eigenvalue weighted by Gasteiger charge is -2.15. The summed E-state index contributed by atoms with van der Waals surface area (Å²) in [6.07, 6.45) is 0.785. The van der Waals surface area contributed by atoms with Crippen LogP contribution in [0.4, 0.5) is 24.5 Å². The maximum atomic E-state index is 14.7. The summed E-state index contributed by atoms with van der Waals surface area (Å²) < 4.78 is 43.8. The summed E-state index contributed by atoms with van der Waals surface area (Å²) in [7, 11) is -1.68. The molecule has 2 aromatic rings. The fourth-order valence-electron chi connectivity index (χ4n) is 2.41. The van der Waals surface area contributed by atoms with Gasteiger partial charge >= 0.3 is 5.97 Å². The summed E-state index contributed by atoms with van der Waals surface area (Å²) in [5.74, 6) is -2.43. The Morgan fingerprint density at radius 2 is 1.88 bits per heavy atom. The second-order valence-electron chi connectivity index (χ2n) is 8.96. The molecule has 0 bridgehead atoms. The topological polar surface area (TPSA) is 91.2 Å². The number of nitrogens with zero attached hydrogens (tertiary/aromatic N) is 1. The van der Waals surface area contributed by atoms with E-state index in [0.29, 0.717) is 5.56 Å². The largest absolute Gasteiger partial charge is 0.478 e. The van der Waals surface area contributed by atoms with Gasteiger partial charge in [-0.1, -0.05) is 30.7 Å². The number of hydrogen-bond acceptors (Lipinski definition) is 5. The minimum absolute atomic E-state index is 0.226. The number of carbonyl (C=O) groups is 1. The normalized spacial score (nSPS) is 11.8. The summed E-state index contributed by atoms with van der Waals surface area (Å²) >= 11 is 0. The van der Waals surface area contributed by atoms with E-state index in [1.807, 2.05) is 19.6 Å². The van der Waals surface area contributed by atoms with Crippen molar-refractivity contribution in [3.8, 4) is 11.5 Å². The summed E-state index contributed by atoms with van der Waals surface area (Å²) in [5, 5.41) is 24.8. The second kappa shape index (κ2) is 10.1. The van der Waals surface area contributed by atoms with Crippen LogP contribution in [-0.2, 0) is 4.84 Å². The lowest BCUT2D eigenvalue weighted by atomic mass is 10.1. The van der Waals surface area contributed by atoms with E-state index in [1.165, 1.54) is 26.0 Å². The number of nitrogens with one attached hydrogen (secondary N) is 1. The van der Waals surface area contributed by atoms with Crippen molar-refractivity contribution in [3.63, 3.8) is 0 Å². The van der Waals surface area contributed by atoms with Crippen molar-refractivity contribution in [2.24, 2.45) is 5.16 Å². The quantitative estimate of drug-likeness (QED) is 0.228. The van der Waals surface area contributed by atoms with E-state index < -0.39 is 53.9 Å². The van der Waals surface area contributed by atoms with Crippen molar-refractivity contribution in [3.05, 3.63) is 58.4 Å². The molecule has 2 aromatic carbocycles. The third kappa shape index (κ3) is 7.66. The van der Waals surface area contributed by atoms with Gasteiger partial charge in [-0.25, -0.2) is 18.0 Å². The van der Waals surface area contributed by atoms with Gasteiger partial charge in [0.25, 0.3) is 0 Å². The fraction of sp³-hybridized carbons (Fsp3) is 0.304. The Morgan fingerprint density at radius 3 is 2.42 bits per heavy atom. The first-order valence-electron chi connectivity index (χ1n) is 9.91. The van der Waals surface area contributed by atoms with Crippen molar-refractivity contribution in [1.82, 2.24) is 0 Å². The van der Waals surface area contributed by atoms with Crippen LogP contribution < -0.4 is 5.32 Å². The third-order valence-corrected chi connectivity index (χ3v) is 4.83. The Bertz CT molecular complexity index is 1140. The number of aliphatic hydroxyl groups is 1. The Labute approximate surface area is 191 Å². The molecular formula is C23H25F3N2O4Si. The number of benzene rings is 2. The summed E-state index contributed by atoms with van der Waals surface area (Å²) in [6.45, 7) is 8.78. The van der Waals surface area contributed by atoms with Crippen LogP contribution in [-0.4, -0.2) is 42.7 Å². The summed E-state index contributed by atoms with van der Waals surface area (Å²) in [5.41, 5.74) is 0.164. The van der Waals surface area contributed by atoms with E-state index in [-0.39, 0.29) is 12.3 Å². The number of carboxylic acids is 1. The molecule has 0 atom stereocenters. The summed E-state index contributed by atoms with van der Waals surface area (Å²) in [4.78, 5) is 16.5. The first kappa shape index (κ1) is 26.0. The summed E-state index contributed by atoms with van der Waals surface area (Å²) in [6, 6.07) is 4.73. The highest BCUT2D eigenvalue weighted by Crippen LogP contribution is 2.30. The lowest BCUT2D eigenvalue weighted by Crippen LogP contribution is -2.24. The molecule has 2 rings (SSSR count). The Kier molecular flexibility index (Phi) is 7.95. The van der Waals surface area contributed by atoms with Crippen LogP contribution in [0.25, 0.3) is 0 Å². The molecule has 0 heterocycles. The predicted octanol–water partition coefficient (Wildman–Crippen LogP) is 4.90. The van der Waals surface area contributed by atoms with Crippen molar-refractivity contribution in [2.45, 2.75) is 39.1 Å². The van der Waals surface area contributed by atoms with Crippen LogP contribution in [0.15, 0.2) is 29.4 Å². The smallest absolute Gasteiger partial charge is 0.337 e. The van der Waals surface area contributed by atoms with Gasteiger partial charge in [0.15, 0.2) is 11.6 Å². The van der Waals surface area contributed by atoms with Crippen molar-refractivity contribution >= 4 is 31.6 Å². The van der Waals surface area contributed by atoms with Crippen LogP contribution in [0.2, 0.25) is 19.6 Å². The number of carboxylic acid groups (broad SMARTS) is 1. The van der Waals surface area contributed by atoms with E-state index in [2.05, 4.69) is 21.9 Å². The molecule has 6 nitrogen and oxygen atoms in total. The molecule has 0 amide bonds. The highest BCUT2D eigenvalue weighted by molar-refractivity contribution is 6.83. The molecular weight excluding hydrogens is 453 g/mol. The van der Waals surface area contributed by atoms with E-state index in [4.69, 9.17) is 4.84 Å². The minimum atomic E-state index is -1.68. The first-order chi connectivity index (χ1) is 15.2. The van der Waals surface area contributed by atoms with Gasteiger partial charge < -0.3 is 20.4 Å². The van der Waals surface area contributed by atoms with Crippen molar-refractivity contribution in [1.29, 1.82) is 0 Å². The molecule has 0 unspecified atom stereocenters. The maximum Gasteiger partial charge on any atom is 0.337 e. The number of halogens is 3. The average molecular weight is 479 g/mol. The average Bonchev–Trinajstić information content (AvgIpc) is 2.68. The standard InChI is InChI=1S/C23H25F3N2O4Si/c1-23(2,31)13-32-27-12-15-11-16(22(29)30)21(20(26)19(15)25)28-18-7-6-14(10-17(18)24)8-9-33(3,4)5/h6-7,10-12,28,31H,13H2,1-5H3,(H,29,30). The third-order valence-electron chi connectivity index (χ3n) is 3.96. The van der Waals surface area contributed by atoms with Gasteiger partial charge in [0.05, 0.1) is 28.8 Å². The number of oxime groups is 1. The number of anilines is 2. The van der Waals surface area contributed by atoms with Gasteiger partial charge in [-0.15, -0.1) is 5.54 Å². The lowest BCUT2D eigenvalue weighted by molar-refractivity contribution is -0.0185. The molecule has 0 aliphatic rings. The minimum Gasteiger partial charge on any atom is -0.478 e. The van der Waals surface area contributed by atoms with E-state index in [0.717, 1.165) is 18.3 Å². The van der Waals surface area contributed by atoms with Crippen molar-refractivity contribution < 1.29 is 33.0 Å². The van der Waals surface area contributed by atoms with Gasteiger partial charge in [-0.3, -0.25) is 0 Å². The highest BCUT2D eigenvalue weighted by Gasteiger charge is 2.23. The van der Waals surface area contributed by atoms with E-state index in [1.54, 1.807) is 0 Å². The Morgan fingerprint density at radius 1 is 1.21 bits per heavy atom. The molecule has 0 spiro atoms. The molecule has 0 saturated heterocycles. The molecule has 0 aromatic heterocycles. The number of hydrogen-bond donors (Lipinski definition) is 3. The molecule has 3 N–H and O–H groups in total. The van der Waals surface area contributed by atoms with Crippen LogP contribution >= 0.6 is 0 Å². The maximum absolute atomic E-state index is 14.7. The predicted molar refractivity (Wildman–Crippen MR) is 123 cm³/mol. The van der Waals surface area contributed by atoms with E-state index in [9.17, 15) is 28.2 Å². The van der Waals surface area contributed by atoms with Gasteiger partial charge in [0.1, 0.15) is 20.5 Å². The van der Waals surface area contributed by atoms with E-state index >= 15 is 0 Å². The van der Waals surface area contributed by atoms with Gasteiger partial charge in [0.2, 0.25) is 0 Å². The fourth-order valence-corrected chi connectivity index (χ4v) is 2.93. The molecule has 0 radical (unpaired) electrons. The van der Waals surface area contributed by atoms with Gasteiger partial charge in [0, 0.05) is 11.1 Å². The zero-order chi connectivity index (χ0) is 25.0. The van der Waals surface area contributed by atoms with Gasteiger partial charge in [-0.2, -0.15) is 0 Å². The molecule has 0 aliphatic carbocycles. The Hall–Kier alpha value is -3.29. The molecule has 33 heavy (non-hydrogen) atoms. The molecule has 10 heteroatoms. The molecule has 0 aliphatic heterocycles. The van der Waals surface area contributed by atoms with Crippen LogP contribution in [0.5, 0.6) is 0 Å². The van der Waals surface area contributed by atoms with Gasteiger partial charge in [-0.05, 0) is 38.1 Å².